The van der Waals surface area contributed by atoms with Gasteiger partial charge in [0.2, 0.25) is 18.1 Å². The van der Waals surface area contributed by atoms with E-state index in [-0.39, 0.29) is 0 Å². The van der Waals surface area contributed by atoms with Crippen LogP contribution < -0.4 is 58.6 Å². The first kappa shape index (κ1) is 31.6. The molecule has 0 unspecified atom stereocenters. The molecule has 0 aromatic heterocycles. The first-order chi connectivity index (χ1) is 20.9. The van der Waals surface area contributed by atoms with Gasteiger partial charge in [-0.1, -0.05) is 0 Å². The topological polar surface area (TPSA) is 83.1 Å². The summed E-state index contributed by atoms with van der Waals surface area (Å²) in [5.74, 6) is 5.39. The summed E-state index contributed by atoms with van der Waals surface area (Å²) in [6.45, 7) is 0. The van der Waals surface area contributed by atoms with Crippen LogP contribution in [0.25, 0.3) is 0 Å². The molecular formula is C32H38O9Si2. The summed E-state index contributed by atoms with van der Waals surface area (Å²) in [6.07, 6.45) is 0. The maximum Gasteiger partial charge on any atom is 0.236 e. The van der Waals surface area contributed by atoms with Gasteiger partial charge in [0.1, 0.15) is 46.0 Å². The Kier molecular flexibility index (Phi) is 10.8. The van der Waals surface area contributed by atoms with Crippen molar-refractivity contribution in [3.05, 3.63) is 72.8 Å². The minimum Gasteiger partial charge on any atom is -0.497 e. The van der Waals surface area contributed by atoms with E-state index in [2.05, 4.69) is 0 Å². The largest absolute Gasteiger partial charge is 0.497 e. The molecule has 0 atom stereocenters. The smallest absolute Gasteiger partial charge is 0.236 e. The van der Waals surface area contributed by atoms with Crippen molar-refractivity contribution in [2.75, 3.05) is 56.9 Å². The van der Waals surface area contributed by atoms with Crippen molar-refractivity contribution in [1.82, 2.24) is 0 Å². The van der Waals surface area contributed by atoms with E-state index in [4.69, 9.17) is 42.0 Å². The molecule has 0 fully saturated rings. The highest BCUT2D eigenvalue weighted by molar-refractivity contribution is 6.93. The van der Waals surface area contributed by atoms with Crippen LogP contribution >= 0.6 is 0 Å². The molecule has 0 aliphatic heterocycles. The molecule has 0 spiro atoms. The van der Waals surface area contributed by atoms with Gasteiger partial charge in [0.25, 0.3) is 0 Å². The third-order valence-corrected chi connectivity index (χ3v) is 13.4. The van der Waals surface area contributed by atoms with Crippen LogP contribution in [-0.4, -0.2) is 75.0 Å². The molecule has 0 aliphatic rings. The van der Waals surface area contributed by atoms with Gasteiger partial charge in [0, 0.05) is 20.7 Å². The molecule has 43 heavy (non-hydrogen) atoms. The molecule has 228 valence electrons. The van der Waals surface area contributed by atoms with Gasteiger partial charge in [-0.25, -0.2) is 0 Å². The quantitative estimate of drug-likeness (QED) is 0.197. The van der Waals surface area contributed by atoms with Crippen LogP contribution in [0.4, 0.5) is 0 Å². The van der Waals surface area contributed by atoms with Crippen molar-refractivity contribution < 1.29 is 42.0 Å². The second-order valence-electron chi connectivity index (χ2n) is 9.33. The first-order valence-corrected chi connectivity index (χ1v) is 16.7. The van der Waals surface area contributed by atoms with Crippen molar-refractivity contribution in [3.8, 4) is 46.0 Å². The normalized spacial score (nSPS) is 10.8. The lowest BCUT2D eigenvalue weighted by atomic mass is 10.3. The van der Waals surface area contributed by atoms with Gasteiger partial charge in [-0.05, 0) is 72.8 Å². The molecule has 0 N–H and O–H groups in total. The fourth-order valence-electron chi connectivity index (χ4n) is 4.94. The number of hydrogen-bond donors (Lipinski definition) is 0. The zero-order valence-corrected chi connectivity index (χ0v) is 28.1. The van der Waals surface area contributed by atoms with Crippen LogP contribution in [-0.2, 0) is 4.12 Å². The van der Waals surface area contributed by atoms with Crippen LogP contribution in [0, 0.1) is 0 Å². The van der Waals surface area contributed by atoms with Gasteiger partial charge in [0.15, 0.2) is 0 Å². The zero-order valence-electron chi connectivity index (χ0n) is 25.8. The molecule has 0 saturated carbocycles. The van der Waals surface area contributed by atoms with E-state index >= 15 is 0 Å². The average Bonchev–Trinajstić information content (AvgIpc) is 3.07. The van der Waals surface area contributed by atoms with Crippen molar-refractivity contribution in [2.24, 2.45) is 0 Å². The lowest BCUT2D eigenvalue weighted by Crippen LogP contribution is -2.56. The Hall–Kier alpha value is -4.33. The highest BCUT2D eigenvalue weighted by atomic mass is 28.4. The van der Waals surface area contributed by atoms with Crippen molar-refractivity contribution in [1.29, 1.82) is 0 Å². The summed E-state index contributed by atoms with van der Waals surface area (Å²) in [5.41, 5.74) is 0. The summed E-state index contributed by atoms with van der Waals surface area (Å²) in [4.78, 5) is 0. The Morgan fingerprint density at radius 1 is 0.326 bits per heavy atom. The molecule has 0 aliphatic carbocycles. The predicted octanol–water partition coefficient (Wildman–Crippen LogP) is 2.15. The van der Waals surface area contributed by atoms with E-state index in [9.17, 15) is 0 Å². The zero-order chi connectivity index (χ0) is 30.9. The number of hydrogen-bond acceptors (Lipinski definition) is 9. The summed E-state index contributed by atoms with van der Waals surface area (Å²) in [7, 11) is 7.71. The number of methoxy groups -OCH3 is 8. The van der Waals surface area contributed by atoms with Gasteiger partial charge in [-0.3, -0.25) is 0 Å². The number of benzene rings is 4. The predicted molar refractivity (Wildman–Crippen MR) is 172 cm³/mol. The average molecular weight is 623 g/mol. The van der Waals surface area contributed by atoms with E-state index in [1.807, 2.05) is 72.8 Å². The van der Waals surface area contributed by atoms with E-state index in [0.29, 0.717) is 46.0 Å². The molecule has 0 amide bonds. The van der Waals surface area contributed by atoms with Crippen LogP contribution in [0.2, 0.25) is 0 Å². The molecular weight excluding hydrogens is 585 g/mol. The molecule has 0 radical (unpaired) electrons. The van der Waals surface area contributed by atoms with E-state index in [1.54, 1.807) is 56.9 Å². The lowest BCUT2D eigenvalue weighted by Gasteiger charge is -2.29. The van der Waals surface area contributed by atoms with E-state index in [0.717, 1.165) is 20.7 Å². The van der Waals surface area contributed by atoms with Gasteiger partial charge >= 0.3 is 0 Å². The van der Waals surface area contributed by atoms with E-state index < -0.39 is 18.1 Å². The van der Waals surface area contributed by atoms with Crippen LogP contribution in [0.5, 0.6) is 46.0 Å². The Balaban J connectivity index is 2.07. The second kappa shape index (κ2) is 14.7. The van der Waals surface area contributed by atoms with Gasteiger partial charge in [0.05, 0.1) is 56.9 Å². The van der Waals surface area contributed by atoms with Crippen molar-refractivity contribution in [3.63, 3.8) is 0 Å². The monoisotopic (exact) mass is 622 g/mol. The Morgan fingerprint density at radius 2 is 0.558 bits per heavy atom. The SMILES string of the molecule is COc1ccc(OC)c([SiH](O[SiH](c2cc(OC)ccc2OC)c2cc(OC)ccc2OC)c2cc(OC)ccc2OC)c1. The summed E-state index contributed by atoms with van der Waals surface area (Å²) < 4.78 is 53.6. The summed E-state index contributed by atoms with van der Waals surface area (Å²) in [6, 6.07) is 22.9. The molecule has 11 heteroatoms. The second-order valence-corrected chi connectivity index (χ2v) is 14.4. The van der Waals surface area contributed by atoms with Gasteiger partial charge < -0.3 is 42.0 Å². The number of ether oxygens (including phenoxy) is 8. The van der Waals surface area contributed by atoms with Crippen LogP contribution in [0.15, 0.2) is 72.8 Å². The fourth-order valence-corrected chi connectivity index (χ4v) is 12.2. The van der Waals surface area contributed by atoms with Gasteiger partial charge in [-0.15, -0.1) is 0 Å². The third-order valence-electron chi connectivity index (χ3n) is 7.15. The summed E-state index contributed by atoms with van der Waals surface area (Å²) >= 11 is 0. The molecule has 9 nitrogen and oxygen atoms in total. The maximum absolute atomic E-state index is 7.50. The first-order valence-electron chi connectivity index (χ1n) is 13.5. The Morgan fingerprint density at radius 3 is 0.744 bits per heavy atom. The van der Waals surface area contributed by atoms with Crippen LogP contribution in [0.3, 0.4) is 0 Å². The molecule has 4 aromatic rings. The van der Waals surface area contributed by atoms with Crippen molar-refractivity contribution >= 4 is 38.8 Å². The van der Waals surface area contributed by atoms with Crippen molar-refractivity contribution in [2.45, 2.75) is 0 Å². The minimum atomic E-state index is -2.70. The van der Waals surface area contributed by atoms with Gasteiger partial charge in [-0.2, -0.15) is 0 Å². The highest BCUT2D eigenvalue weighted by Crippen LogP contribution is 2.25. The molecule has 4 aromatic carbocycles. The maximum atomic E-state index is 7.50. The minimum absolute atomic E-state index is 0.672. The summed E-state index contributed by atoms with van der Waals surface area (Å²) in [5, 5.41) is 3.48. The molecule has 4 rings (SSSR count). The third kappa shape index (κ3) is 6.85. The highest BCUT2D eigenvalue weighted by Gasteiger charge is 2.34. The molecule has 0 heterocycles. The fraction of sp³-hybridized carbons (Fsp3) is 0.250. The van der Waals surface area contributed by atoms with E-state index in [1.165, 1.54) is 0 Å². The number of rotatable bonds is 14. The van der Waals surface area contributed by atoms with Crippen LogP contribution in [0.1, 0.15) is 0 Å². The standard InChI is InChI=1S/C32H38O9Si2/c1-33-21-9-13-25(37-5)29(17-21)42(30-18-22(34-2)10-14-26(30)38-6)41-43(31-19-23(35-3)11-15-27(31)39-7)32-20-24(36-4)12-16-28(32)40-8/h9-20,42-43H,1-8H3. The molecule has 0 bridgehead atoms. The lowest BCUT2D eigenvalue weighted by molar-refractivity contribution is 0.402. The molecule has 0 saturated heterocycles. The Bertz CT molecular complexity index is 1310. The Labute approximate surface area is 256 Å².